The lowest BCUT2D eigenvalue weighted by Crippen LogP contribution is -2.33. The lowest BCUT2D eigenvalue weighted by molar-refractivity contribution is 0.217. The van der Waals surface area contributed by atoms with Crippen LogP contribution in [0.5, 0.6) is 5.75 Å². The summed E-state index contributed by atoms with van der Waals surface area (Å²) < 4.78 is 5.04. The van der Waals surface area contributed by atoms with Crippen LogP contribution in [-0.4, -0.2) is 32.1 Å². The Bertz CT molecular complexity index is 320. The Morgan fingerprint density at radius 1 is 1.33 bits per heavy atom. The lowest BCUT2D eigenvalue weighted by Gasteiger charge is -2.11. The Labute approximate surface area is 89.8 Å². The normalized spacial score (nSPS) is 9.53. The van der Waals surface area contributed by atoms with E-state index in [9.17, 15) is 4.79 Å². The van der Waals surface area contributed by atoms with Gasteiger partial charge in [0.25, 0.3) is 0 Å². The molecule has 15 heavy (non-hydrogen) atoms. The average molecular weight is 208 g/mol. The SMILES string of the molecule is COc1ccc(CNC(=O)N(C)C)cc1. The fourth-order valence-corrected chi connectivity index (χ4v) is 1.08. The molecule has 2 amide bonds. The third-order valence-corrected chi connectivity index (χ3v) is 2.01. The number of benzene rings is 1. The summed E-state index contributed by atoms with van der Waals surface area (Å²) in [7, 11) is 5.05. The summed E-state index contributed by atoms with van der Waals surface area (Å²) in [6.45, 7) is 0.529. The van der Waals surface area contributed by atoms with E-state index < -0.39 is 0 Å². The van der Waals surface area contributed by atoms with Gasteiger partial charge < -0.3 is 15.0 Å². The number of carbonyl (C=O) groups excluding carboxylic acids is 1. The van der Waals surface area contributed by atoms with Crippen molar-refractivity contribution in [2.75, 3.05) is 21.2 Å². The van der Waals surface area contributed by atoms with Gasteiger partial charge in [0.2, 0.25) is 0 Å². The number of amides is 2. The Morgan fingerprint density at radius 2 is 1.93 bits per heavy atom. The fraction of sp³-hybridized carbons (Fsp3) is 0.364. The first-order valence-electron chi connectivity index (χ1n) is 4.71. The summed E-state index contributed by atoms with van der Waals surface area (Å²) in [5, 5.41) is 2.78. The van der Waals surface area contributed by atoms with Gasteiger partial charge in [0, 0.05) is 20.6 Å². The van der Waals surface area contributed by atoms with Gasteiger partial charge in [-0.15, -0.1) is 0 Å². The van der Waals surface area contributed by atoms with Crippen molar-refractivity contribution in [1.29, 1.82) is 0 Å². The second kappa shape index (κ2) is 5.24. The molecule has 0 spiro atoms. The number of hydrogen-bond donors (Lipinski definition) is 1. The van der Waals surface area contributed by atoms with Gasteiger partial charge >= 0.3 is 6.03 Å². The first-order valence-corrected chi connectivity index (χ1v) is 4.71. The largest absolute Gasteiger partial charge is 0.497 e. The third kappa shape index (κ3) is 3.50. The van der Waals surface area contributed by atoms with Crippen LogP contribution in [-0.2, 0) is 6.54 Å². The second-order valence-corrected chi connectivity index (χ2v) is 3.40. The zero-order valence-corrected chi connectivity index (χ0v) is 9.28. The van der Waals surface area contributed by atoms with Crippen molar-refractivity contribution < 1.29 is 9.53 Å². The minimum Gasteiger partial charge on any atom is -0.497 e. The predicted octanol–water partition coefficient (Wildman–Crippen LogP) is 1.47. The van der Waals surface area contributed by atoms with Gasteiger partial charge in [-0.1, -0.05) is 12.1 Å². The number of nitrogens with zero attached hydrogens (tertiary/aromatic N) is 1. The number of ether oxygens (including phenoxy) is 1. The van der Waals surface area contributed by atoms with Crippen LogP contribution in [0.25, 0.3) is 0 Å². The first kappa shape index (κ1) is 11.4. The fourth-order valence-electron chi connectivity index (χ4n) is 1.08. The van der Waals surface area contributed by atoms with E-state index in [0.29, 0.717) is 6.54 Å². The molecule has 0 aliphatic rings. The monoisotopic (exact) mass is 208 g/mol. The molecule has 0 atom stereocenters. The van der Waals surface area contributed by atoms with E-state index in [1.165, 1.54) is 4.90 Å². The van der Waals surface area contributed by atoms with Gasteiger partial charge in [-0.05, 0) is 17.7 Å². The predicted molar refractivity (Wildman–Crippen MR) is 58.9 cm³/mol. The summed E-state index contributed by atoms with van der Waals surface area (Å²) in [5.74, 6) is 0.817. The van der Waals surface area contributed by atoms with Crippen LogP contribution in [0.15, 0.2) is 24.3 Å². The maximum absolute atomic E-state index is 11.2. The van der Waals surface area contributed by atoms with Crippen molar-refractivity contribution in [3.05, 3.63) is 29.8 Å². The Hall–Kier alpha value is -1.71. The molecular weight excluding hydrogens is 192 g/mol. The highest BCUT2D eigenvalue weighted by molar-refractivity contribution is 5.73. The highest BCUT2D eigenvalue weighted by atomic mass is 16.5. The molecule has 0 aromatic heterocycles. The summed E-state index contributed by atoms with van der Waals surface area (Å²) in [4.78, 5) is 12.7. The molecule has 4 nitrogen and oxygen atoms in total. The molecular formula is C11H16N2O2. The summed E-state index contributed by atoms with van der Waals surface area (Å²) in [6, 6.07) is 7.50. The van der Waals surface area contributed by atoms with Crippen LogP contribution in [0.2, 0.25) is 0 Å². The molecule has 0 radical (unpaired) electrons. The van der Waals surface area contributed by atoms with Gasteiger partial charge in [0.15, 0.2) is 0 Å². The van der Waals surface area contributed by atoms with Gasteiger partial charge in [-0.2, -0.15) is 0 Å². The van der Waals surface area contributed by atoms with Crippen molar-refractivity contribution in [1.82, 2.24) is 10.2 Å². The molecule has 0 saturated carbocycles. The Morgan fingerprint density at radius 3 is 2.40 bits per heavy atom. The maximum Gasteiger partial charge on any atom is 0.317 e. The summed E-state index contributed by atoms with van der Waals surface area (Å²) >= 11 is 0. The van der Waals surface area contributed by atoms with Crippen LogP contribution in [0.1, 0.15) is 5.56 Å². The molecule has 1 rings (SSSR count). The number of carbonyl (C=O) groups is 1. The standard InChI is InChI=1S/C11H16N2O2/c1-13(2)11(14)12-8-9-4-6-10(15-3)7-5-9/h4-7H,8H2,1-3H3,(H,12,14). The van der Waals surface area contributed by atoms with E-state index in [2.05, 4.69) is 5.32 Å². The molecule has 0 unspecified atom stereocenters. The number of nitrogens with one attached hydrogen (secondary N) is 1. The molecule has 0 bridgehead atoms. The average Bonchev–Trinajstić information content (AvgIpc) is 2.26. The van der Waals surface area contributed by atoms with Gasteiger partial charge in [-0.3, -0.25) is 0 Å². The van der Waals surface area contributed by atoms with Crippen molar-refractivity contribution in [2.45, 2.75) is 6.54 Å². The summed E-state index contributed by atoms with van der Waals surface area (Å²) in [6.07, 6.45) is 0. The zero-order chi connectivity index (χ0) is 11.3. The molecule has 0 heterocycles. The number of methoxy groups -OCH3 is 1. The van der Waals surface area contributed by atoms with Crippen molar-refractivity contribution in [3.8, 4) is 5.75 Å². The van der Waals surface area contributed by atoms with Crippen molar-refractivity contribution in [3.63, 3.8) is 0 Å². The lowest BCUT2D eigenvalue weighted by atomic mass is 10.2. The zero-order valence-electron chi connectivity index (χ0n) is 9.28. The van der Waals surface area contributed by atoms with E-state index >= 15 is 0 Å². The van der Waals surface area contributed by atoms with Crippen LogP contribution in [0, 0.1) is 0 Å². The second-order valence-electron chi connectivity index (χ2n) is 3.40. The molecule has 0 fully saturated rings. The molecule has 0 saturated heterocycles. The molecule has 4 heteroatoms. The highest BCUT2D eigenvalue weighted by Gasteiger charge is 2.01. The molecule has 0 aliphatic carbocycles. The molecule has 0 aliphatic heterocycles. The molecule has 1 N–H and O–H groups in total. The van der Waals surface area contributed by atoms with Crippen LogP contribution in [0.4, 0.5) is 4.79 Å². The van der Waals surface area contributed by atoms with E-state index in [1.807, 2.05) is 24.3 Å². The maximum atomic E-state index is 11.2. The smallest absolute Gasteiger partial charge is 0.317 e. The van der Waals surface area contributed by atoms with E-state index in [4.69, 9.17) is 4.74 Å². The van der Waals surface area contributed by atoms with Crippen LogP contribution in [0.3, 0.4) is 0 Å². The number of hydrogen-bond acceptors (Lipinski definition) is 2. The molecule has 1 aromatic carbocycles. The minimum atomic E-state index is -0.0918. The minimum absolute atomic E-state index is 0.0918. The molecule has 1 aromatic rings. The topological polar surface area (TPSA) is 41.6 Å². The first-order chi connectivity index (χ1) is 7.13. The third-order valence-electron chi connectivity index (χ3n) is 2.01. The van der Waals surface area contributed by atoms with Gasteiger partial charge in [-0.25, -0.2) is 4.79 Å². The van der Waals surface area contributed by atoms with Crippen molar-refractivity contribution in [2.24, 2.45) is 0 Å². The number of urea groups is 1. The van der Waals surface area contributed by atoms with Gasteiger partial charge in [0.05, 0.1) is 7.11 Å². The highest BCUT2D eigenvalue weighted by Crippen LogP contribution is 2.10. The molecule has 82 valence electrons. The number of rotatable bonds is 3. The Kier molecular flexibility index (Phi) is 3.97. The van der Waals surface area contributed by atoms with E-state index in [1.54, 1.807) is 21.2 Å². The van der Waals surface area contributed by atoms with Crippen LogP contribution < -0.4 is 10.1 Å². The quantitative estimate of drug-likeness (QED) is 0.817. The Balaban J connectivity index is 2.47. The van der Waals surface area contributed by atoms with Crippen LogP contribution >= 0.6 is 0 Å². The van der Waals surface area contributed by atoms with E-state index in [0.717, 1.165) is 11.3 Å². The van der Waals surface area contributed by atoms with E-state index in [-0.39, 0.29) is 6.03 Å². The van der Waals surface area contributed by atoms with Gasteiger partial charge in [0.1, 0.15) is 5.75 Å². The summed E-state index contributed by atoms with van der Waals surface area (Å²) in [5.41, 5.74) is 1.05. The van der Waals surface area contributed by atoms with Crippen molar-refractivity contribution >= 4 is 6.03 Å².